The summed E-state index contributed by atoms with van der Waals surface area (Å²) in [5.41, 5.74) is 2.02. The van der Waals surface area contributed by atoms with Gasteiger partial charge in [0, 0.05) is 22.5 Å². The van der Waals surface area contributed by atoms with Gasteiger partial charge in [-0.15, -0.1) is 32.9 Å². The number of H-pyrrole nitrogens is 1. The molecule has 5 heterocycles. The minimum Gasteiger partial charge on any atom is -0.410 e. The van der Waals surface area contributed by atoms with Crippen molar-refractivity contribution >= 4 is 40.3 Å². The highest BCUT2D eigenvalue weighted by Gasteiger charge is 2.33. The van der Waals surface area contributed by atoms with Gasteiger partial charge in [-0.05, 0) is 47.0 Å². The van der Waals surface area contributed by atoms with Crippen LogP contribution in [-0.4, -0.2) is 38.3 Å². The topological polar surface area (TPSA) is 75.0 Å². The van der Waals surface area contributed by atoms with Crippen LogP contribution < -0.4 is 0 Å². The van der Waals surface area contributed by atoms with Gasteiger partial charge >= 0.3 is 0 Å². The summed E-state index contributed by atoms with van der Waals surface area (Å²) in [6.07, 6.45) is 2.71. The van der Waals surface area contributed by atoms with Crippen molar-refractivity contribution in [1.82, 2.24) is 20.1 Å². The van der Waals surface area contributed by atoms with Gasteiger partial charge in [0.15, 0.2) is 0 Å². The molecule has 1 aliphatic rings. The van der Waals surface area contributed by atoms with Crippen molar-refractivity contribution in [2.75, 3.05) is 12.3 Å². The molecule has 0 saturated heterocycles. The first-order valence-corrected chi connectivity index (χ1v) is 11.5. The van der Waals surface area contributed by atoms with E-state index in [0.717, 1.165) is 18.7 Å². The Hall–Kier alpha value is -2.36. The predicted octanol–water partition coefficient (Wildman–Crippen LogP) is 4.45. The molecule has 5 rings (SSSR count). The number of nitrogens with one attached hydrogen (secondary N) is 1. The molecule has 0 spiro atoms. The largest absolute Gasteiger partial charge is 0.410 e. The number of aromatic nitrogens is 3. The molecule has 1 amide bonds. The molecule has 1 atom stereocenters. The minimum atomic E-state index is 0.000245. The van der Waals surface area contributed by atoms with Crippen molar-refractivity contribution in [3.05, 3.63) is 62.6 Å². The number of nitrogens with zero attached hydrogens (tertiary/aromatic N) is 3. The Bertz CT molecular complexity index is 1070. The maximum Gasteiger partial charge on any atom is 0.277 e. The van der Waals surface area contributed by atoms with Crippen molar-refractivity contribution in [3.8, 4) is 11.6 Å². The molecule has 4 aromatic rings. The van der Waals surface area contributed by atoms with Crippen LogP contribution in [0.4, 0.5) is 0 Å². The van der Waals surface area contributed by atoms with E-state index in [1.54, 1.807) is 28.9 Å². The van der Waals surface area contributed by atoms with Crippen LogP contribution in [0.3, 0.4) is 0 Å². The number of carbonyl (C=O) groups is 1. The summed E-state index contributed by atoms with van der Waals surface area (Å²) in [6.45, 7) is 0.729. The van der Waals surface area contributed by atoms with Crippen LogP contribution in [0.5, 0.6) is 0 Å². The first kappa shape index (κ1) is 17.7. The number of aromatic amines is 1. The molecule has 0 radical (unpaired) electrons. The molecule has 0 bridgehead atoms. The zero-order chi connectivity index (χ0) is 18.9. The quantitative estimate of drug-likeness (QED) is 0.475. The molecule has 0 aliphatic carbocycles. The Morgan fingerprint density at radius 3 is 3.04 bits per heavy atom. The van der Waals surface area contributed by atoms with Crippen LogP contribution in [-0.2, 0) is 11.2 Å². The fraction of sp³-hybridized carbons (Fsp3) is 0.211. The highest BCUT2D eigenvalue weighted by molar-refractivity contribution is 7.99. The number of amides is 1. The molecule has 142 valence electrons. The summed E-state index contributed by atoms with van der Waals surface area (Å²) < 4.78 is 5.65. The summed E-state index contributed by atoms with van der Waals surface area (Å²) >= 11 is 4.75. The Morgan fingerprint density at radius 1 is 1.25 bits per heavy atom. The minimum absolute atomic E-state index is 0.000245. The van der Waals surface area contributed by atoms with Gasteiger partial charge in [-0.2, -0.15) is 0 Å². The highest BCUT2D eigenvalue weighted by Crippen LogP contribution is 2.39. The van der Waals surface area contributed by atoms with E-state index in [-0.39, 0.29) is 17.7 Å². The third kappa shape index (κ3) is 3.30. The van der Waals surface area contributed by atoms with E-state index >= 15 is 0 Å². The number of carbonyl (C=O) groups excluding carboxylic acids is 1. The number of fused-ring (bicyclic) bond motifs is 1. The van der Waals surface area contributed by atoms with Gasteiger partial charge in [-0.25, -0.2) is 0 Å². The van der Waals surface area contributed by atoms with E-state index in [0.29, 0.717) is 11.1 Å². The average Bonchev–Trinajstić information content (AvgIpc) is 3.50. The molecule has 1 N–H and O–H groups in total. The Balaban J connectivity index is 1.32. The summed E-state index contributed by atoms with van der Waals surface area (Å²) in [5, 5.41) is 12.7. The standard InChI is InChI=1S/C19H16N4O2S3/c24-16(11-28-19-22-21-18(25-19)13-3-1-7-20-13)23-8-5-14-12(6-10-27-14)17(23)15-4-2-9-26-15/h1-4,6-7,9-10,17,20H,5,8,11H2/t17-/m1/s1. The van der Waals surface area contributed by atoms with Crippen molar-refractivity contribution in [3.63, 3.8) is 0 Å². The third-order valence-electron chi connectivity index (χ3n) is 4.65. The first-order valence-electron chi connectivity index (χ1n) is 8.79. The van der Waals surface area contributed by atoms with Gasteiger partial charge in [-0.1, -0.05) is 17.8 Å². The first-order chi connectivity index (χ1) is 13.8. The SMILES string of the molecule is O=C(CSc1nnc(-c2ccc[nH]2)o1)N1CCc2sccc2[C@@H]1c1cccs1. The van der Waals surface area contributed by atoms with Crippen LogP contribution in [0.1, 0.15) is 21.4 Å². The third-order valence-corrected chi connectivity index (χ3v) is 7.38. The lowest BCUT2D eigenvalue weighted by molar-refractivity contribution is -0.130. The Morgan fingerprint density at radius 2 is 2.21 bits per heavy atom. The summed E-state index contributed by atoms with van der Waals surface area (Å²) in [7, 11) is 0. The second-order valence-electron chi connectivity index (χ2n) is 6.30. The van der Waals surface area contributed by atoms with Gasteiger partial charge in [0.2, 0.25) is 5.91 Å². The van der Waals surface area contributed by atoms with E-state index in [2.05, 4.69) is 38.1 Å². The maximum atomic E-state index is 13.1. The summed E-state index contributed by atoms with van der Waals surface area (Å²) in [5.74, 6) is 0.783. The molecular weight excluding hydrogens is 412 g/mol. The van der Waals surface area contributed by atoms with Crippen molar-refractivity contribution in [2.45, 2.75) is 17.7 Å². The number of hydrogen-bond acceptors (Lipinski definition) is 7. The zero-order valence-corrected chi connectivity index (χ0v) is 17.1. The summed E-state index contributed by atoms with van der Waals surface area (Å²) in [4.78, 5) is 20.7. The van der Waals surface area contributed by atoms with Gasteiger partial charge in [-0.3, -0.25) is 4.79 Å². The number of thiophene rings is 2. The van der Waals surface area contributed by atoms with Crippen molar-refractivity contribution < 1.29 is 9.21 Å². The lowest BCUT2D eigenvalue weighted by atomic mass is 9.98. The second-order valence-corrected chi connectivity index (χ2v) is 9.21. The molecule has 0 aromatic carbocycles. The second kappa shape index (κ2) is 7.57. The lowest BCUT2D eigenvalue weighted by Gasteiger charge is -2.35. The van der Waals surface area contributed by atoms with Crippen molar-refractivity contribution in [2.24, 2.45) is 0 Å². The molecule has 0 unspecified atom stereocenters. The van der Waals surface area contributed by atoms with Gasteiger partial charge in [0.25, 0.3) is 11.1 Å². The molecule has 4 aromatic heterocycles. The molecule has 0 fully saturated rings. The predicted molar refractivity (Wildman–Crippen MR) is 111 cm³/mol. The molecule has 0 saturated carbocycles. The van der Waals surface area contributed by atoms with Gasteiger partial charge in [0.1, 0.15) is 5.69 Å². The van der Waals surface area contributed by atoms with Crippen LogP contribution >= 0.6 is 34.4 Å². The fourth-order valence-electron chi connectivity index (χ4n) is 3.39. The number of hydrogen-bond donors (Lipinski definition) is 1. The van der Waals surface area contributed by atoms with Crippen LogP contribution in [0, 0.1) is 0 Å². The normalized spacial score (nSPS) is 16.3. The molecule has 28 heavy (non-hydrogen) atoms. The summed E-state index contributed by atoms with van der Waals surface area (Å²) in [6, 6.07) is 10.0. The van der Waals surface area contributed by atoms with Gasteiger partial charge in [0.05, 0.1) is 11.8 Å². The number of thioether (sulfide) groups is 1. The molecule has 1 aliphatic heterocycles. The number of rotatable bonds is 5. The Labute approximate surface area is 173 Å². The van der Waals surface area contributed by atoms with Crippen molar-refractivity contribution in [1.29, 1.82) is 0 Å². The van der Waals surface area contributed by atoms with E-state index in [9.17, 15) is 4.79 Å². The molecule has 6 nitrogen and oxygen atoms in total. The molecular formula is C19H16N4O2S3. The van der Waals surface area contributed by atoms with Crippen LogP contribution in [0.2, 0.25) is 0 Å². The van der Waals surface area contributed by atoms with E-state index in [4.69, 9.17) is 4.42 Å². The Kier molecular flexibility index (Phi) is 4.79. The van der Waals surface area contributed by atoms with E-state index < -0.39 is 0 Å². The highest BCUT2D eigenvalue weighted by atomic mass is 32.2. The monoisotopic (exact) mass is 428 g/mol. The van der Waals surface area contributed by atoms with E-state index in [1.165, 1.54) is 27.1 Å². The lowest BCUT2D eigenvalue weighted by Crippen LogP contribution is -2.40. The smallest absolute Gasteiger partial charge is 0.277 e. The fourth-order valence-corrected chi connectivity index (χ4v) is 5.79. The van der Waals surface area contributed by atoms with Crippen LogP contribution in [0.15, 0.2) is 56.9 Å². The van der Waals surface area contributed by atoms with E-state index in [1.807, 2.05) is 23.1 Å². The average molecular weight is 429 g/mol. The molecule has 9 heteroatoms. The van der Waals surface area contributed by atoms with Crippen LogP contribution in [0.25, 0.3) is 11.6 Å². The van der Waals surface area contributed by atoms with Gasteiger partial charge < -0.3 is 14.3 Å². The zero-order valence-electron chi connectivity index (χ0n) is 14.7. The maximum absolute atomic E-state index is 13.1.